The van der Waals surface area contributed by atoms with Crippen molar-refractivity contribution in [1.29, 1.82) is 0 Å². The van der Waals surface area contributed by atoms with E-state index in [9.17, 15) is 0 Å². The highest BCUT2D eigenvalue weighted by Gasteiger charge is 2.11. The molecule has 134 valence electrons. The number of hydrogen-bond acceptors (Lipinski definition) is 1. The van der Waals surface area contributed by atoms with Crippen molar-refractivity contribution in [3.8, 4) is 0 Å². The molecule has 0 fully saturated rings. The molecule has 6 heteroatoms. The second-order valence-electron chi connectivity index (χ2n) is 6.32. The van der Waals surface area contributed by atoms with Gasteiger partial charge < -0.3 is 16.0 Å². The van der Waals surface area contributed by atoms with E-state index in [1.807, 2.05) is 18.2 Å². The molecule has 0 spiro atoms. The van der Waals surface area contributed by atoms with Gasteiger partial charge in [0.05, 0.1) is 5.56 Å². The summed E-state index contributed by atoms with van der Waals surface area (Å²) < 4.78 is 2.20. The van der Waals surface area contributed by atoms with Crippen LogP contribution in [0.4, 0.5) is 0 Å². The van der Waals surface area contributed by atoms with Gasteiger partial charge in [0.2, 0.25) is 6.21 Å². The maximum atomic E-state index is 6.21. The van der Waals surface area contributed by atoms with E-state index in [1.165, 1.54) is 16.3 Å². The van der Waals surface area contributed by atoms with Crippen LogP contribution in [0.1, 0.15) is 11.1 Å². The van der Waals surface area contributed by atoms with E-state index in [-0.39, 0.29) is 5.96 Å². The van der Waals surface area contributed by atoms with E-state index in [0.717, 1.165) is 23.0 Å². The van der Waals surface area contributed by atoms with Gasteiger partial charge in [-0.1, -0.05) is 54.1 Å². The van der Waals surface area contributed by atoms with Crippen LogP contribution in [-0.2, 0) is 6.54 Å². The van der Waals surface area contributed by atoms with Gasteiger partial charge in [-0.15, -0.1) is 5.10 Å². The SMILES string of the molecule is NC(N)=N/[NH+]=C/c1cn(Cc2cccc3ccccc23)c2ccc(Cl)cc12. The summed E-state index contributed by atoms with van der Waals surface area (Å²) in [5, 5.41) is 10.8. The van der Waals surface area contributed by atoms with Crippen LogP contribution in [0.2, 0.25) is 5.02 Å². The lowest BCUT2D eigenvalue weighted by Crippen LogP contribution is -2.63. The Morgan fingerprint density at radius 2 is 1.85 bits per heavy atom. The first-order valence-electron chi connectivity index (χ1n) is 8.54. The second kappa shape index (κ2) is 7.13. The van der Waals surface area contributed by atoms with Crippen LogP contribution >= 0.6 is 11.6 Å². The maximum absolute atomic E-state index is 6.21. The van der Waals surface area contributed by atoms with Crippen LogP contribution < -0.4 is 16.6 Å². The minimum Gasteiger partial charge on any atom is -0.365 e. The Hall–Kier alpha value is -3.31. The molecule has 5 N–H and O–H groups in total. The first-order valence-corrected chi connectivity index (χ1v) is 8.92. The lowest BCUT2D eigenvalue weighted by molar-refractivity contribution is -0.456. The molecule has 0 atom stereocenters. The van der Waals surface area contributed by atoms with Crippen LogP contribution in [0.5, 0.6) is 0 Å². The summed E-state index contributed by atoms with van der Waals surface area (Å²) in [6.45, 7) is 0.746. The lowest BCUT2D eigenvalue weighted by Gasteiger charge is -2.09. The molecule has 0 aliphatic rings. The van der Waals surface area contributed by atoms with E-state index < -0.39 is 0 Å². The van der Waals surface area contributed by atoms with Crippen LogP contribution in [0.3, 0.4) is 0 Å². The fourth-order valence-corrected chi connectivity index (χ4v) is 3.51. The average Bonchev–Trinajstić information content (AvgIpc) is 2.98. The van der Waals surface area contributed by atoms with Gasteiger partial charge in [0, 0.05) is 33.8 Å². The minimum atomic E-state index is -0.0243. The van der Waals surface area contributed by atoms with Crippen LogP contribution in [0.15, 0.2) is 72.0 Å². The Kier molecular flexibility index (Phi) is 4.52. The van der Waals surface area contributed by atoms with E-state index in [1.54, 1.807) is 6.21 Å². The Morgan fingerprint density at radius 3 is 2.70 bits per heavy atom. The standard InChI is InChI=1S/C21H18ClN5/c22-17-8-9-20-19(10-17)16(11-25-26-21(23)24)13-27(20)12-15-6-3-5-14-4-1-2-7-18(14)15/h1-11,13H,12H2,(H4,23,24,26)/p+1/b25-11+. The first kappa shape index (κ1) is 17.1. The fourth-order valence-electron chi connectivity index (χ4n) is 3.33. The predicted octanol–water partition coefficient (Wildman–Crippen LogP) is 2.18. The highest BCUT2D eigenvalue weighted by Crippen LogP contribution is 2.26. The monoisotopic (exact) mass is 376 g/mol. The quantitative estimate of drug-likeness (QED) is 0.290. The predicted molar refractivity (Wildman–Crippen MR) is 112 cm³/mol. The van der Waals surface area contributed by atoms with E-state index in [2.05, 4.69) is 63.4 Å². The highest BCUT2D eigenvalue weighted by atomic mass is 35.5. The maximum Gasteiger partial charge on any atom is 0.256 e. The van der Waals surface area contributed by atoms with Crippen LogP contribution in [-0.4, -0.2) is 16.7 Å². The van der Waals surface area contributed by atoms with Gasteiger partial charge in [-0.05, 0) is 34.5 Å². The van der Waals surface area contributed by atoms with Crippen molar-refractivity contribution in [2.45, 2.75) is 6.54 Å². The molecule has 27 heavy (non-hydrogen) atoms. The molecular weight excluding hydrogens is 358 g/mol. The molecule has 0 aliphatic carbocycles. The Labute approximate surface area is 161 Å². The third kappa shape index (κ3) is 3.50. The molecule has 0 aliphatic heterocycles. The molecule has 5 nitrogen and oxygen atoms in total. The number of benzene rings is 3. The summed E-state index contributed by atoms with van der Waals surface area (Å²) in [6, 6.07) is 20.7. The molecule has 3 aromatic carbocycles. The summed E-state index contributed by atoms with van der Waals surface area (Å²) in [6.07, 6.45) is 3.83. The Bertz CT molecular complexity index is 1180. The zero-order chi connectivity index (χ0) is 18.8. The van der Waals surface area contributed by atoms with Crippen molar-refractivity contribution >= 4 is 45.5 Å². The van der Waals surface area contributed by atoms with Crippen LogP contribution in [0, 0.1) is 0 Å². The van der Waals surface area contributed by atoms with Gasteiger partial charge in [0.15, 0.2) is 0 Å². The van der Waals surface area contributed by atoms with Gasteiger partial charge in [-0.25, -0.2) is 0 Å². The van der Waals surface area contributed by atoms with Crippen molar-refractivity contribution in [3.63, 3.8) is 0 Å². The summed E-state index contributed by atoms with van der Waals surface area (Å²) in [7, 11) is 0. The van der Waals surface area contributed by atoms with E-state index >= 15 is 0 Å². The number of halogens is 1. The van der Waals surface area contributed by atoms with Gasteiger partial charge in [-0.3, -0.25) is 0 Å². The van der Waals surface area contributed by atoms with Gasteiger partial charge in [-0.2, -0.15) is 0 Å². The normalized spacial score (nSPS) is 11.4. The molecule has 0 saturated heterocycles. The molecule has 0 saturated carbocycles. The molecule has 0 bridgehead atoms. The van der Waals surface area contributed by atoms with Crippen LogP contribution in [0.25, 0.3) is 21.7 Å². The fraction of sp³-hybridized carbons (Fsp3) is 0.0476. The number of rotatable bonds is 4. The largest absolute Gasteiger partial charge is 0.365 e. The number of nitrogens with one attached hydrogen (secondary N) is 1. The molecule has 0 amide bonds. The average molecular weight is 377 g/mol. The topological polar surface area (TPSA) is 83.3 Å². The molecular formula is C21H19ClN5+. The Morgan fingerprint density at radius 1 is 1.04 bits per heavy atom. The molecule has 1 heterocycles. The molecule has 4 aromatic rings. The third-order valence-corrected chi connectivity index (χ3v) is 4.74. The molecule has 4 rings (SSSR count). The van der Waals surface area contributed by atoms with Crippen molar-refractivity contribution < 1.29 is 5.10 Å². The van der Waals surface area contributed by atoms with E-state index in [4.69, 9.17) is 23.1 Å². The summed E-state index contributed by atoms with van der Waals surface area (Å²) in [5.74, 6) is -0.0243. The van der Waals surface area contributed by atoms with Crippen molar-refractivity contribution in [1.82, 2.24) is 4.57 Å². The smallest absolute Gasteiger partial charge is 0.256 e. The molecule has 0 radical (unpaired) electrons. The summed E-state index contributed by atoms with van der Waals surface area (Å²) >= 11 is 6.21. The number of hydrogen-bond donors (Lipinski definition) is 3. The highest BCUT2D eigenvalue weighted by molar-refractivity contribution is 6.31. The number of aromatic nitrogens is 1. The zero-order valence-electron chi connectivity index (χ0n) is 14.6. The molecule has 1 aromatic heterocycles. The number of nitrogens with zero attached hydrogens (tertiary/aromatic N) is 2. The van der Waals surface area contributed by atoms with E-state index in [0.29, 0.717) is 5.02 Å². The zero-order valence-corrected chi connectivity index (χ0v) is 15.3. The first-order chi connectivity index (χ1) is 13.1. The number of guanidine groups is 1. The Balaban J connectivity index is 1.82. The van der Waals surface area contributed by atoms with Gasteiger partial charge in [0.1, 0.15) is 0 Å². The van der Waals surface area contributed by atoms with Gasteiger partial charge >= 0.3 is 0 Å². The molecule has 0 unspecified atom stereocenters. The second-order valence-corrected chi connectivity index (χ2v) is 6.76. The third-order valence-electron chi connectivity index (χ3n) is 4.51. The minimum absolute atomic E-state index is 0.0243. The number of nitrogens with two attached hydrogens (primary N) is 2. The summed E-state index contributed by atoms with van der Waals surface area (Å²) in [4.78, 5) is 0. The number of fused-ring (bicyclic) bond motifs is 2. The van der Waals surface area contributed by atoms with Crippen molar-refractivity contribution in [3.05, 3.63) is 83.0 Å². The lowest BCUT2D eigenvalue weighted by atomic mass is 10.0. The van der Waals surface area contributed by atoms with Crippen molar-refractivity contribution in [2.75, 3.05) is 0 Å². The van der Waals surface area contributed by atoms with Crippen molar-refractivity contribution in [2.24, 2.45) is 16.6 Å². The number of hydrazone groups is 1. The van der Waals surface area contributed by atoms with Gasteiger partial charge in [0.25, 0.3) is 5.96 Å². The summed E-state index contributed by atoms with van der Waals surface area (Å²) in [5.41, 5.74) is 14.0.